The number of anilines is 1. The average Bonchev–Trinajstić information content (AvgIpc) is 2.76. The van der Waals surface area contributed by atoms with Gasteiger partial charge in [0.1, 0.15) is 12.0 Å². The minimum atomic E-state index is 0.260. The number of fused-ring (bicyclic) bond motifs is 1. The van der Waals surface area contributed by atoms with Crippen LogP contribution in [0.4, 0.5) is 5.69 Å². The Morgan fingerprint density at radius 3 is 2.61 bits per heavy atom. The van der Waals surface area contributed by atoms with Crippen LogP contribution >= 0.6 is 0 Å². The number of hydrogen-bond donors (Lipinski definition) is 1. The fraction of sp³-hybridized carbons (Fsp3) is 0.400. The highest BCUT2D eigenvalue weighted by Gasteiger charge is 2.34. The number of nitrogen functional groups attached to an aromatic ring is 1. The summed E-state index contributed by atoms with van der Waals surface area (Å²) < 4.78 is 5.01. The first kappa shape index (κ1) is 11.3. The average molecular weight is 242 g/mol. The molecule has 0 bridgehead atoms. The Labute approximate surface area is 107 Å². The molecule has 0 saturated carbocycles. The van der Waals surface area contributed by atoms with Crippen LogP contribution in [0.15, 0.2) is 35.1 Å². The van der Waals surface area contributed by atoms with Crippen LogP contribution < -0.4 is 5.73 Å². The zero-order valence-electron chi connectivity index (χ0n) is 10.8. The largest absolute Gasteiger partial charge is 0.395 e. The van der Waals surface area contributed by atoms with Crippen molar-refractivity contribution in [2.45, 2.75) is 32.1 Å². The second kappa shape index (κ2) is 4.16. The quantitative estimate of drug-likeness (QED) is 0.832. The van der Waals surface area contributed by atoms with Gasteiger partial charge >= 0.3 is 0 Å². The van der Waals surface area contributed by atoms with Crippen molar-refractivity contribution < 1.29 is 4.52 Å². The van der Waals surface area contributed by atoms with Crippen LogP contribution in [0.3, 0.4) is 0 Å². The number of hydrogen-bond acceptors (Lipinski definition) is 3. The van der Waals surface area contributed by atoms with Gasteiger partial charge in [0, 0.05) is 5.92 Å². The van der Waals surface area contributed by atoms with Crippen LogP contribution in [-0.4, -0.2) is 5.16 Å². The van der Waals surface area contributed by atoms with Crippen molar-refractivity contribution in [1.29, 1.82) is 0 Å². The molecule has 0 radical (unpaired) electrons. The molecule has 3 unspecified atom stereocenters. The Kier molecular flexibility index (Phi) is 2.62. The highest BCUT2D eigenvalue weighted by Crippen LogP contribution is 2.46. The van der Waals surface area contributed by atoms with E-state index in [0.717, 1.165) is 12.1 Å². The monoisotopic (exact) mass is 242 g/mol. The van der Waals surface area contributed by atoms with Crippen LogP contribution in [0.5, 0.6) is 0 Å². The van der Waals surface area contributed by atoms with E-state index < -0.39 is 0 Å². The maximum Gasteiger partial charge on any atom is 0.147 e. The highest BCUT2D eigenvalue weighted by molar-refractivity contribution is 5.49. The van der Waals surface area contributed by atoms with Crippen molar-refractivity contribution in [2.75, 3.05) is 5.73 Å². The van der Waals surface area contributed by atoms with Crippen LogP contribution in [0.1, 0.15) is 48.9 Å². The lowest BCUT2D eigenvalue weighted by atomic mass is 9.70. The summed E-state index contributed by atoms with van der Waals surface area (Å²) in [6, 6.07) is 8.61. The maximum atomic E-state index is 5.97. The van der Waals surface area contributed by atoms with E-state index in [-0.39, 0.29) is 5.92 Å². The minimum absolute atomic E-state index is 0.260. The first-order valence-electron chi connectivity index (χ1n) is 6.47. The smallest absolute Gasteiger partial charge is 0.147 e. The molecule has 0 spiro atoms. The molecule has 3 heteroatoms. The van der Waals surface area contributed by atoms with Gasteiger partial charge in [0.2, 0.25) is 0 Å². The molecular formula is C15H18N2O. The van der Waals surface area contributed by atoms with Crippen molar-refractivity contribution in [2.24, 2.45) is 5.92 Å². The van der Waals surface area contributed by atoms with Crippen LogP contribution in [0, 0.1) is 5.92 Å². The van der Waals surface area contributed by atoms with Gasteiger partial charge < -0.3 is 10.3 Å². The van der Waals surface area contributed by atoms with Crippen molar-refractivity contribution >= 4 is 5.69 Å². The Balaban J connectivity index is 2.15. The van der Waals surface area contributed by atoms with Crippen molar-refractivity contribution in [3.8, 4) is 0 Å². The van der Waals surface area contributed by atoms with Gasteiger partial charge in [0.25, 0.3) is 0 Å². The summed E-state index contributed by atoms with van der Waals surface area (Å²) >= 11 is 0. The van der Waals surface area contributed by atoms with E-state index in [9.17, 15) is 0 Å². The van der Waals surface area contributed by atoms with Crippen LogP contribution in [0.25, 0.3) is 0 Å². The van der Waals surface area contributed by atoms with E-state index in [4.69, 9.17) is 10.3 Å². The van der Waals surface area contributed by atoms with Crippen molar-refractivity contribution in [1.82, 2.24) is 5.16 Å². The fourth-order valence-corrected chi connectivity index (χ4v) is 3.28. The van der Waals surface area contributed by atoms with E-state index in [1.807, 2.05) is 0 Å². The third kappa shape index (κ3) is 1.62. The summed E-state index contributed by atoms with van der Waals surface area (Å²) in [4.78, 5) is 0. The van der Waals surface area contributed by atoms with Gasteiger partial charge in [0.05, 0.1) is 5.69 Å². The summed E-state index contributed by atoms with van der Waals surface area (Å²) in [5.74, 6) is 1.39. The molecule has 3 rings (SSSR count). The SMILES string of the molecule is CC1CC(C)C(c2nocc2N)c2ccccc21. The molecule has 18 heavy (non-hydrogen) atoms. The van der Waals surface area contributed by atoms with Gasteiger partial charge in [-0.2, -0.15) is 0 Å². The van der Waals surface area contributed by atoms with Gasteiger partial charge in [-0.05, 0) is 29.4 Å². The molecule has 3 nitrogen and oxygen atoms in total. The molecule has 3 atom stereocenters. The maximum absolute atomic E-state index is 5.97. The Bertz CT molecular complexity index is 561. The van der Waals surface area contributed by atoms with Gasteiger partial charge in [-0.1, -0.05) is 43.3 Å². The Hall–Kier alpha value is -1.77. The summed E-state index contributed by atoms with van der Waals surface area (Å²) in [6.45, 7) is 4.56. The summed E-state index contributed by atoms with van der Waals surface area (Å²) in [5, 5.41) is 4.11. The second-order valence-electron chi connectivity index (χ2n) is 5.38. The van der Waals surface area contributed by atoms with Crippen molar-refractivity contribution in [3.05, 3.63) is 47.3 Å². The minimum Gasteiger partial charge on any atom is -0.395 e. The first-order chi connectivity index (χ1) is 8.68. The molecule has 1 aromatic carbocycles. The Morgan fingerprint density at radius 2 is 1.94 bits per heavy atom. The summed E-state index contributed by atoms with van der Waals surface area (Å²) in [5.41, 5.74) is 10.3. The van der Waals surface area contributed by atoms with E-state index in [0.29, 0.717) is 17.5 Å². The van der Waals surface area contributed by atoms with Crippen molar-refractivity contribution in [3.63, 3.8) is 0 Å². The zero-order valence-corrected chi connectivity index (χ0v) is 10.8. The van der Waals surface area contributed by atoms with E-state index >= 15 is 0 Å². The third-order valence-corrected chi connectivity index (χ3v) is 4.08. The van der Waals surface area contributed by atoms with E-state index in [1.165, 1.54) is 17.4 Å². The molecule has 0 fully saturated rings. The number of nitrogens with two attached hydrogens (primary N) is 1. The topological polar surface area (TPSA) is 52.0 Å². The molecule has 94 valence electrons. The first-order valence-corrected chi connectivity index (χ1v) is 6.47. The summed E-state index contributed by atoms with van der Waals surface area (Å²) in [6.07, 6.45) is 2.69. The molecule has 2 aromatic rings. The molecule has 0 saturated heterocycles. The molecule has 1 aliphatic carbocycles. The fourth-order valence-electron chi connectivity index (χ4n) is 3.28. The zero-order chi connectivity index (χ0) is 12.7. The Morgan fingerprint density at radius 1 is 1.22 bits per heavy atom. The van der Waals surface area contributed by atoms with Crippen LogP contribution in [0.2, 0.25) is 0 Å². The highest BCUT2D eigenvalue weighted by atomic mass is 16.5. The van der Waals surface area contributed by atoms with Gasteiger partial charge in [-0.3, -0.25) is 0 Å². The predicted octanol–water partition coefficient (Wildman–Crippen LogP) is 3.53. The molecule has 2 N–H and O–H groups in total. The van der Waals surface area contributed by atoms with Gasteiger partial charge in [-0.15, -0.1) is 0 Å². The van der Waals surface area contributed by atoms with E-state index in [2.05, 4.69) is 43.3 Å². The molecule has 1 aliphatic rings. The molecule has 0 aliphatic heterocycles. The van der Waals surface area contributed by atoms with Crippen LogP contribution in [-0.2, 0) is 0 Å². The number of rotatable bonds is 1. The van der Waals surface area contributed by atoms with E-state index in [1.54, 1.807) is 0 Å². The molecule has 0 amide bonds. The second-order valence-corrected chi connectivity index (χ2v) is 5.38. The normalized spacial score (nSPS) is 26.9. The molecule has 1 aromatic heterocycles. The lowest BCUT2D eigenvalue weighted by Crippen LogP contribution is -2.22. The van der Waals surface area contributed by atoms with Gasteiger partial charge in [-0.25, -0.2) is 0 Å². The van der Waals surface area contributed by atoms with Gasteiger partial charge in [0.15, 0.2) is 0 Å². The predicted molar refractivity (Wildman–Crippen MR) is 71.4 cm³/mol. The summed E-state index contributed by atoms with van der Waals surface area (Å²) in [7, 11) is 0. The number of nitrogens with zero attached hydrogens (tertiary/aromatic N) is 1. The molecule has 1 heterocycles. The molecular weight excluding hydrogens is 224 g/mol. The third-order valence-electron chi connectivity index (χ3n) is 4.08. The number of benzene rings is 1. The number of aromatic nitrogens is 1. The standard InChI is InChI=1S/C15H18N2O/c1-9-7-10(2)14(15-13(16)8-18-17-15)12-6-4-3-5-11(9)12/h3-6,8-10,14H,7,16H2,1-2H3. The lowest BCUT2D eigenvalue weighted by Gasteiger charge is -2.34. The lowest BCUT2D eigenvalue weighted by molar-refractivity contribution is 0.367.